The number of carbonyl (C=O) groups is 1. The number of esters is 1. The predicted octanol–water partition coefficient (Wildman–Crippen LogP) is 4.73. The smallest absolute Gasteiger partial charge is 0.358 e. The Hall–Kier alpha value is -2.46. The average molecular weight is 309 g/mol. The first-order valence-electron chi connectivity index (χ1n) is 7.01. The Morgan fingerprint density at radius 3 is 2.36 bits per heavy atom. The van der Waals surface area contributed by atoms with E-state index in [1.54, 1.807) is 5.38 Å². The van der Waals surface area contributed by atoms with Crippen LogP contribution in [0.25, 0.3) is 10.6 Å². The lowest BCUT2D eigenvalue weighted by Gasteiger charge is -2.12. The second-order valence-electron chi connectivity index (χ2n) is 4.86. The van der Waals surface area contributed by atoms with Crippen molar-refractivity contribution in [1.82, 2.24) is 4.98 Å². The Labute approximate surface area is 133 Å². The van der Waals surface area contributed by atoms with Gasteiger partial charge in [-0.1, -0.05) is 60.7 Å². The maximum atomic E-state index is 12.2. The molecule has 0 fully saturated rings. The van der Waals surface area contributed by atoms with E-state index >= 15 is 0 Å². The van der Waals surface area contributed by atoms with Crippen LogP contribution in [0.15, 0.2) is 66.0 Å². The van der Waals surface area contributed by atoms with E-state index in [-0.39, 0.29) is 6.10 Å². The number of hydrogen-bond acceptors (Lipinski definition) is 4. The SMILES string of the molecule is C[C@@H](OC(=O)c1csc(-c2ccccc2)n1)c1ccccc1. The van der Waals surface area contributed by atoms with Gasteiger partial charge in [-0.3, -0.25) is 0 Å². The summed E-state index contributed by atoms with van der Waals surface area (Å²) in [6.45, 7) is 1.86. The molecule has 0 bridgehead atoms. The Bertz CT molecular complexity index is 753. The molecule has 3 nitrogen and oxygen atoms in total. The van der Waals surface area contributed by atoms with Crippen LogP contribution in [0.1, 0.15) is 29.1 Å². The number of thiazole rings is 1. The van der Waals surface area contributed by atoms with Gasteiger partial charge in [0.2, 0.25) is 0 Å². The van der Waals surface area contributed by atoms with Crippen molar-refractivity contribution in [1.29, 1.82) is 0 Å². The van der Waals surface area contributed by atoms with Crippen molar-refractivity contribution in [2.75, 3.05) is 0 Å². The lowest BCUT2D eigenvalue weighted by molar-refractivity contribution is 0.0332. The normalized spacial score (nSPS) is 11.9. The fraction of sp³-hybridized carbons (Fsp3) is 0.111. The quantitative estimate of drug-likeness (QED) is 0.654. The van der Waals surface area contributed by atoms with E-state index in [1.165, 1.54) is 11.3 Å². The van der Waals surface area contributed by atoms with Gasteiger partial charge in [0.05, 0.1) is 0 Å². The summed E-state index contributed by atoms with van der Waals surface area (Å²) in [6.07, 6.45) is -0.296. The first kappa shape index (κ1) is 14.5. The molecular weight excluding hydrogens is 294 g/mol. The molecule has 0 aliphatic heterocycles. The standard InChI is InChI=1S/C18H15NO2S/c1-13(14-8-4-2-5-9-14)21-18(20)16-12-22-17(19-16)15-10-6-3-7-11-15/h2-13H,1H3/t13-/m1/s1. The summed E-state index contributed by atoms with van der Waals surface area (Å²) in [6, 6.07) is 19.5. The van der Waals surface area contributed by atoms with Gasteiger partial charge in [-0.2, -0.15) is 0 Å². The first-order valence-corrected chi connectivity index (χ1v) is 7.89. The van der Waals surface area contributed by atoms with Gasteiger partial charge in [0, 0.05) is 10.9 Å². The molecular formula is C18H15NO2S. The molecule has 0 N–H and O–H groups in total. The molecule has 3 aromatic rings. The minimum Gasteiger partial charge on any atom is -0.453 e. The largest absolute Gasteiger partial charge is 0.453 e. The lowest BCUT2D eigenvalue weighted by Crippen LogP contribution is -2.09. The minimum absolute atomic E-state index is 0.296. The zero-order valence-electron chi connectivity index (χ0n) is 12.1. The zero-order chi connectivity index (χ0) is 15.4. The number of carbonyl (C=O) groups excluding carboxylic acids is 1. The Balaban J connectivity index is 1.72. The van der Waals surface area contributed by atoms with Gasteiger partial charge >= 0.3 is 5.97 Å². The van der Waals surface area contributed by atoms with Gasteiger partial charge in [-0.25, -0.2) is 9.78 Å². The van der Waals surface area contributed by atoms with E-state index in [0.29, 0.717) is 5.69 Å². The summed E-state index contributed by atoms with van der Waals surface area (Å²) < 4.78 is 5.48. The molecule has 0 radical (unpaired) electrons. The van der Waals surface area contributed by atoms with E-state index in [9.17, 15) is 4.79 Å². The van der Waals surface area contributed by atoms with Crippen LogP contribution in [0.4, 0.5) is 0 Å². The third-order valence-electron chi connectivity index (χ3n) is 3.29. The second kappa shape index (κ2) is 6.54. The molecule has 2 aromatic carbocycles. The first-order chi connectivity index (χ1) is 10.7. The molecule has 1 heterocycles. The zero-order valence-corrected chi connectivity index (χ0v) is 12.9. The van der Waals surface area contributed by atoms with Crippen LogP contribution in [0.2, 0.25) is 0 Å². The van der Waals surface area contributed by atoms with E-state index in [1.807, 2.05) is 67.6 Å². The number of rotatable bonds is 4. The summed E-state index contributed by atoms with van der Waals surface area (Å²) in [5, 5.41) is 2.56. The summed E-state index contributed by atoms with van der Waals surface area (Å²) >= 11 is 1.44. The highest BCUT2D eigenvalue weighted by atomic mass is 32.1. The Morgan fingerprint density at radius 2 is 1.68 bits per heavy atom. The summed E-state index contributed by atoms with van der Waals surface area (Å²) in [5.74, 6) is -0.394. The molecule has 0 aliphatic rings. The van der Waals surface area contributed by atoms with Crippen molar-refractivity contribution in [3.63, 3.8) is 0 Å². The maximum Gasteiger partial charge on any atom is 0.358 e. The van der Waals surface area contributed by atoms with Gasteiger partial charge in [-0.05, 0) is 12.5 Å². The number of hydrogen-bond donors (Lipinski definition) is 0. The fourth-order valence-corrected chi connectivity index (χ4v) is 2.89. The van der Waals surface area contributed by atoms with Crippen LogP contribution >= 0.6 is 11.3 Å². The van der Waals surface area contributed by atoms with Gasteiger partial charge in [0.15, 0.2) is 5.69 Å². The molecule has 1 aromatic heterocycles. The fourth-order valence-electron chi connectivity index (χ4n) is 2.09. The Morgan fingerprint density at radius 1 is 1.05 bits per heavy atom. The van der Waals surface area contributed by atoms with Gasteiger partial charge in [0.1, 0.15) is 11.1 Å². The van der Waals surface area contributed by atoms with Crippen molar-refractivity contribution < 1.29 is 9.53 Å². The van der Waals surface area contributed by atoms with Crippen molar-refractivity contribution in [2.24, 2.45) is 0 Å². The van der Waals surface area contributed by atoms with E-state index in [2.05, 4.69) is 4.98 Å². The number of nitrogens with zero attached hydrogens (tertiary/aromatic N) is 1. The highest BCUT2D eigenvalue weighted by Crippen LogP contribution is 2.25. The van der Waals surface area contributed by atoms with Crippen molar-refractivity contribution in [3.8, 4) is 10.6 Å². The van der Waals surface area contributed by atoms with Crippen LogP contribution in [-0.2, 0) is 4.74 Å². The average Bonchev–Trinajstić information content (AvgIpc) is 3.06. The Kier molecular flexibility index (Phi) is 4.30. The highest BCUT2D eigenvalue weighted by Gasteiger charge is 2.17. The molecule has 0 aliphatic carbocycles. The van der Waals surface area contributed by atoms with Crippen LogP contribution in [0, 0.1) is 0 Å². The summed E-state index contributed by atoms with van der Waals surface area (Å²) in [4.78, 5) is 16.6. The van der Waals surface area contributed by atoms with Crippen molar-refractivity contribution >= 4 is 17.3 Å². The molecule has 22 heavy (non-hydrogen) atoms. The molecule has 3 rings (SSSR count). The lowest BCUT2D eigenvalue weighted by atomic mass is 10.1. The highest BCUT2D eigenvalue weighted by molar-refractivity contribution is 7.13. The van der Waals surface area contributed by atoms with Gasteiger partial charge in [0.25, 0.3) is 0 Å². The topological polar surface area (TPSA) is 39.2 Å². The van der Waals surface area contributed by atoms with Gasteiger partial charge in [-0.15, -0.1) is 11.3 Å². The van der Waals surface area contributed by atoms with Crippen LogP contribution < -0.4 is 0 Å². The van der Waals surface area contributed by atoms with E-state index in [0.717, 1.165) is 16.1 Å². The summed E-state index contributed by atoms with van der Waals surface area (Å²) in [5.41, 5.74) is 2.32. The molecule has 0 spiro atoms. The minimum atomic E-state index is -0.394. The monoisotopic (exact) mass is 309 g/mol. The third kappa shape index (κ3) is 3.23. The predicted molar refractivity (Wildman–Crippen MR) is 87.8 cm³/mol. The maximum absolute atomic E-state index is 12.2. The van der Waals surface area contributed by atoms with Crippen LogP contribution in [0.5, 0.6) is 0 Å². The van der Waals surface area contributed by atoms with Crippen molar-refractivity contribution in [2.45, 2.75) is 13.0 Å². The third-order valence-corrected chi connectivity index (χ3v) is 4.18. The molecule has 0 unspecified atom stereocenters. The van der Waals surface area contributed by atoms with E-state index in [4.69, 9.17) is 4.74 Å². The molecule has 0 saturated heterocycles. The number of aromatic nitrogens is 1. The number of ether oxygens (including phenoxy) is 1. The van der Waals surface area contributed by atoms with Crippen LogP contribution in [-0.4, -0.2) is 11.0 Å². The molecule has 0 saturated carbocycles. The number of benzene rings is 2. The second-order valence-corrected chi connectivity index (χ2v) is 5.72. The van der Waals surface area contributed by atoms with Crippen molar-refractivity contribution in [3.05, 3.63) is 77.3 Å². The molecule has 1 atom stereocenters. The molecule has 0 amide bonds. The molecule has 110 valence electrons. The van der Waals surface area contributed by atoms with Gasteiger partial charge < -0.3 is 4.74 Å². The summed E-state index contributed by atoms with van der Waals surface area (Å²) in [7, 11) is 0. The van der Waals surface area contributed by atoms with Crippen LogP contribution in [0.3, 0.4) is 0 Å². The molecule has 4 heteroatoms. The van der Waals surface area contributed by atoms with E-state index < -0.39 is 5.97 Å².